The molecule has 3 N–H and O–H groups in total. The summed E-state index contributed by atoms with van der Waals surface area (Å²) in [5, 5.41) is 4.56. The van der Waals surface area contributed by atoms with Gasteiger partial charge < -0.3 is 20.0 Å². The first-order valence-corrected chi connectivity index (χ1v) is 7.66. The molecule has 0 unspecified atom stereocenters. The van der Waals surface area contributed by atoms with Crippen LogP contribution in [0.4, 0.5) is 5.95 Å². The number of hydrogen-bond acceptors (Lipinski definition) is 3. The highest BCUT2D eigenvalue weighted by Gasteiger charge is 2.06. The summed E-state index contributed by atoms with van der Waals surface area (Å²) in [6.07, 6.45) is 2.97. The van der Waals surface area contributed by atoms with Crippen LogP contribution in [0.3, 0.4) is 0 Å². The predicted molar refractivity (Wildman–Crippen MR) is 93.1 cm³/mol. The number of nitrogens with one attached hydrogen (secondary N) is 3. The van der Waals surface area contributed by atoms with Crippen LogP contribution in [0.25, 0.3) is 21.9 Å². The molecule has 0 amide bonds. The number of anilines is 1. The molecule has 5 nitrogen and oxygen atoms in total. The monoisotopic (exact) mass is 306 g/mol. The first-order valence-electron chi connectivity index (χ1n) is 7.66. The van der Waals surface area contributed by atoms with Crippen LogP contribution in [0.2, 0.25) is 0 Å². The highest BCUT2D eigenvalue weighted by molar-refractivity contribution is 5.84. The van der Waals surface area contributed by atoms with E-state index >= 15 is 0 Å². The average Bonchev–Trinajstić information content (AvgIpc) is 3.18. The van der Waals surface area contributed by atoms with Crippen molar-refractivity contribution in [2.24, 2.45) is 0 Å². The first kappa shape index (κ1) is 13.7. The summed E-state index contributed by atoms with van der Waals surface area (Å²) < 4.78 is 5.31. The van der Waals surface area contributed by atoms with Crippen molar-refractivity contribution < 1.29 is 4.74 Å². The Balaban J connectivity index is 1.48. The maximum absolute atomic E-state index is 5.31. The summed E-state index contributed by atoms with van der Waals surface area (Å²) in [5.41, 5.74) is 4.42. The fraction of sp³-hybridized carbons (Fsp3) is 0.167. The SMILES string of the molecule is COc1ccc2[nH]cc(CCNc3nc4ccccc4[nH]3)c2c1. The lowest BCUT2D eigenvalue weighted by Gasteiger charge is -2.03. The Hall–Kier alpha value is -2.95. The zero-order valence-electron chi connectivity index (χ0n) is 12.9. The van der Waals surface area contributed by atoms with Crippen LogP contribution >= 0.6 is 0 Å². The second kappa shape index (κ2) is 5.68. The summed E-state index contributed by atoms with van der Waals surface area (Å²) in [7, 11) is 1.69. The molecule has 5 heteroatoms. The van der Waals surface area contributed by atoms with E-state index in [2.05, 4.69) is 32.5 Å². The number of fused-ring (bicyclic) bond motifs is 2. The van der Waals surface area contributed by atoms with Gasteiger partial charge in [-0.25, -0.2) is 4.98 Å². The van der Waals surface area contributed by atoms with Gasteiger partial charge in [0.15, 0.2) is 0 Å². The van der Waals surface area contributed by atoms with Gasteiger partial charge >= 0.3 is 0 Å². The number of aromatic amines is 2. The Morgan fingerprint density at radius 3 is 2.91 bits per heavy atom. The van der Waals surface area contributed by atoms with E-state index in [1.54, 1.807) is 7.11 Å². The summed E-state index contributed by atoms with van der Waals surface area (Å²) in [6, 6.07) is 14.1. The zero-order valence-corrected chi connectivity index (χ0v) is 12.9. The maximum atomic E-state index is 5.31. The molecular formula is C18H18N4O. The lowest BCUT2D eigenvalue weighted by atomic mass is 10.1. The number of methoxy groups -OCH3 is 1. The Morgan fingerprint density at radius 1 is 1.13 bits per heavy atom. The van der Waals surface area contributed by atoms with Gasteiger partial charge in [-0.15, -0.1) is 0 Å². The van der Waals surface area contributed by atoms with E-state index in [9.17, 15) is 0 Å². The normalized spacial score (nSPS) is 11.2. The molecule has 2 aromatic heterocycles. The molecular weight excluding hydrogens is 288 g/mol. The second-order valence-corrected chi connectivity index (χ2v) is 5.50. The van der Waals surface area contributed by atoms with E-state index in [4.69, 9.17) is 4.74 Å². The van der Waals surface area contributed by atoms with Gasteiger partial charge in [-0.2, -0.15) is 0 Å². The van der Waals surface area contributed by atoms with E-state index in [0.717, 1.165) is 41.2 Å². The molecule has 0 aliphatic rings. The van der Waals surface area contributed by atoms with Crippen LogP contribution in [0.5, 0.6) is 5.75 Å². The number of hydrogen-bond donors (Lipinski definition) is 3. The summed E-state index contributed by atoms with van der Waals surface area (Å²) in [5.74, 6) is 1.69. The summed E-state index contributed by atoms with van der Waals surface area (Å²) in [6.45, 7) is 0.810. The number of imidazole rings is 1. The van der Waals surface area contributed by atoms with Crippen molar-refractivity contribution in [1.82, 2.24) is 15.0 Å². The van der Waals surface area contributed by atoms with Crippen molar-refractivity contribution in [3.63, 3.8) is 0 Å². The molecule has 0 saturated carbocycles. The number of H-pyrrole nitrogens is 2. The van der Waals surface area contributed by atoms with Gasteiger partial charge in [0, 0.05) is 23.6 Å². The number of nitrogens with zero attached hydrogens (tertiary/aromatic N) is 1. The highest BCUT2D eigenvalue weighted by atomic mass is 16.5. The minimum Gasteiger partial charge on any atom is -0.497 e. The predicted octanol–water partition coefficient (Wildman–Crippen LogP) is 3.71. The number of benzene rings is 2. The molecule has 23 heavy (non-hydrogen) atoms. The smallest absolute Gasteiger partial charge is 0.201 e. The van der Waals surface area contributed by atoms with Crippen LogP contribution in [0.1, 0.15) is 5.56 Å². The molecule has 2 heterocycles. The van der Waals surface area contributed by atoms with Crippen LogP contribution in [0.15, 0.2) is 48.7 Å². The number of aromatic nitrogens is 3. The molecule has 0 atom stereocenters. The molecule has 0 radical (unpaired) electrons. The van der Waals surface area contributed by atoms with E-state index in [0.29, 0.717) is 0 Å². The van der Waals surface area contributed by atoms with Gasteiger partial charge in [-0.05, 0) is 42.3 Å². The second-order valence-electron chi connectivity index (χ2n) is 5.50. The quantitative estimate of drug-likeness (QED) is 0.526. The van der Waals surface area contributed by atoms with Crippen molar-refractivity contribution >= 4 is 27.9 Å². The molecule has 0 spiro atoms. The fourth-order valence-corrected chi connectivity index (χ4v) is 2.84. The van der Waals surface area contributed by atoms with Gasteiger partial charge in [-0.3, -0.25) is 0 Å². The van der Waals surface area contributed by atoms with E-state index in [1.807, 2.05) is 36.4 Å². The number of para-hydroxylation sites is 2. The van der Waals surface area contributed by atoms with Crippen molar-refractivity contribution in [1.29, 1.82) is 0 Å². The largest absolute Gasteiger partial charge is 0.497 e. The van der Waals surface area contributed by atoms with E-state index in [1.165, 1.54) is 10.9 Å². The third-order valence-electron chi connectivity index (χ3n) is 4.05. The Morgan fingerprint density at radius 2 is 2.04 bits per heavy atom. The fourth-order valence-electron chi connectivity index (χ4n) is 2.84. The van der Waals surface area contributed by atoms with Gasteiger partial charge in [0.2, 0.25) is 5.95 Å². The van der Waals surface area contributed by atoms with E-state index in [-0.39, 0.29) is 0 Å². The van der Waals surface area contributed by atoms with Crippen LogP contribution in [-0.2, 0) is 6.42 Å². The minimum atomic E-state index is 0.809. The van der Waals surface area contributed by atoms with Gasteiger partial charge in [-0.1, -0.05) is 12.1 Å². The molecule has 0 bridgehead atoms. The summed E-state index contributed by atoms with van der Waals surface area (Å²) >= 11 is 0. The van der Waals surface area contributed by atoms with Gasteiger partial charge in [0.05, 0.1) is 18.1 Å². The average molecular weight is 306 g/mol. The zero-order chi connectivity index (χ0) is 15.6. The van der Waals surface area contributed by atoms with Crippen molar-refractivity contribution in [2.45, 2.75) is 6.42 Å². The lowest BCUT2D eigenvalue weighted by Crippen LogP contribution is -2.05. The van der Waals surface area contributed by atoms with Crippen LogP contribution in [-0.4, -0.2) is 28.6 Å². The van der Waals surface area contributed by atoms with Crippen molar-refractivity contribution in [2.75, 3.05) is 19.0 Å². The topological polar surface area (TPSA) is 65.7 Å². The third-order valence-corrected chi connectivity index (χ3v) is 4.05. The molecule has 0 fully saturated rings. The Kier molecular flexibility index (Phi) is 3.38. The molecule has 0 aliphatic carbocycles. The molecule has 0 saturated heterocycles. The molecule has 2 aromatic carbocycles. The standard InChI is InChI=1S/C18H18N4O/c1-23-13-6-7-15-14(10-13)12(11-20-15)8-9-19-18-21-16-4-2-3-5-17(16)22-18/h2-7,10-11,20H,8-9H2,1H3,(H2,19,21,22). The lowest BCUT2D eigenvalue weighted by molar-refractivity contribution is 0.415. The van der Waals surface area contributed by atoms with Gasteiger partial charge in [0.1, 0.15) is 5.75 Å². The molecule has 0 aliphatic heterocycles. The molecule has 4 aromatic rings. The Bertz CT molecular complexity index is 921. The first-order chi connectivity index (χ1) is 11.3. The van der Waals surface area contributed by atoms with Crippen molar-refractivity contribution in [3.05, 3.63) is 54.2 Å². The summed E-state index contributed by atoms with van der Waals surface area (Å²) in [4.78, 5) is 11.1. The number of rotatable bonds is 5. The highest BCUT2D eigenvalue weighted by Crippen LogP contribution is 2.24. The van der Waals surface area contributed by atoms with Crippen molar-refractivity contribution in [3.8, 4) is 5.75 Å². The van der Waals surface area contributed by atoms with E-state index < -0.39 is 0 Å². The maximum Gasteiger partial charge on any atom is 0.201 e. The third kappa shape index (κ3) is 2.61. The minimum absolute atomic E-state index is 0.809. The van der Waals surface area contributed by atoms with Crippen LogP contribution < -0.4 is 10.1 Å². The van der Waals surface area contributed by atoms with Gasteiger partial charge in [0.25, 0.3) is 0 Å². The van der Waals surface area contributed by atoms with Crippen LogP contribution in [0, 0.1) is 0 Å². The molecule has 116 valence electrons. The number of ether oxygens (including phenoxy) is 1. The Labute approximate surface area is 133 Å². The molecule has 4 rings (SSSR count).